The SMILES string of the molecule is CCCCC/C=C\C/C=C\C/C=C\C/C=C\CCCCCCCC(=O)NC(COP(=O)([O-])OCC[N+](C)(C)C)C(/C=C\CCCCCCCCCCC)OC(=O)CCCCCCCCCCCCCCCCCCC/C=C\C/C=C\CCCCC. The number of nitrogens with one attached hydrogen (secondary N) is 1. The summed E-state index contributed by atoms with van der Waals surface area (Å²) in [5.41, 5.74) is 0. The van der Waals surface area contributed by atoms with E-state index in [9.17, 15) is 19.0 Å². The van der Waals surface area contributed by atoms with Gasteiger partial charge in [0.05, 0.1) is 33.8 Å². The number of quaternary nitrogens is 1. The van der Waals surface area contributed by atoms with Crippen molar-refractivity contribution >= 4 is 19.7 Å². The molecule has 0 aromatic carbocycles. The van der Waals surface area contributed by atoms with E-state index in [0.29, 0.717) is 23.9 Å². The Hall–Kier alpha value is -2.81. The molecule has 1 amide bonds. The number of carbonyl (C=O) groups excluding carboxylic acids is 2. The Morgan fingerprint density at radius 3 is 1.09 bits per heavy atom. The van der Waals surface area contributed by atoms with Gasteiger partial charge in [0.2, 0.25) is 5.91 Å². The third-order valence-corrected chi connectivity index (χ3v) is 16.8. The zero-order chi connectivity index (χ0) is 62.1. The topological polar surface area (TPSA) is 114 Å². The summed E-state index contributed by atoms with van der Waals surface area (Å²) < 4.78 is 30.4. The number of ether oxygens (including phenoxy) is 1. The Morgan fingerprint density at radius 2 is 0.718 bits per heavy atom. The zero-order valence-corrected chi connectivity index (χ0v) is 57.4. The van der Waals surface area contributed by atoms with Crippen LogP contribution in [-0.4, -0.2) is 69.4 Å². The van der Waals surface area contributed by atoms with Gasteiger partial charge in [-0.1, -0.05) is 292 Å². The molecule has 0 bridgehead atoms. The van der Waals surface area contributed by atoms with E-state index >= 15 is 0 Å². The molecule has 0 rings (SSSR count). The molecule has 0 aliphatic carbocycles. The maximum atomic E-state index is 13.6. The van der Waals surface area contributed by atoms with Crippen molar-refractivity contribution in [2.45, 2.75) is 341 Å². The number of likely N-dealkylation sites (N-methyl/N-ethyl adjacent to an activating group) is 1. The molecule has 10 heteroatoms. The van der Waals surface area contributed by atoms with Crippen LogP contribution < -0.4 is 10.2 Å². The highest BCUT2D eigenvalue weighted by Gasteiger charge is 2.27. The molecule has 494 valence electrons. The molecule has 85 heavy (non-hydrogen) atoms. The van der Waals surface area contributed by atoms with Crippen molar-refractivity contribution in [2.75, 3.05) is 40.9 Å². The van der Waals surface area contributed by atoms with Gasteiger partial charge in [0, 0.05) is 12.8 Å². The molecule has 0 heterocycles. The van der Waals surface area contributed by atoms with E-state index in [1.807, 2.05) is 33.3 Å². The van der Waals surface area contributed by atoms with Gasteiger partial charge in [0.1, 0.15) is 19.3 Å². The number of allylic oxidation sites excluding steroid dienone is 13. The standard InChI is InChI=1S/C75H137N2O7P/c1-7-10-13-16-19-22-25-27-29-31-33-35-36-37-38-39-40-42-44-46-48-50-53-56-59-62-65-68-75(79)84-73(66-63-60-57-54-51-24-21-18-15-12-9-3)72(71-83-85(80,81)82-70-69-77(4,5)6)76-74(78)67-64-61-58-55-52-49-47-45-43-41-34-32-30-28-26-23-20-17-14-11-8-2/h19-20,22-23,27-30,34,41,45,47,63,66,72-73H,7-18,21,24-26,31-33,35-40,42-44,46,48-62,64-65,67-71H2,1-6H3,(H-,76,78,80,81)/b22-19-,23-20-,29-27-,30-28-,41-34-,47-45-,66-63-. The molecular formula is C75H137N2O7P. The van der Waals surface area contributed by atoms with E-state index in [0.717, 1.165) is 96.3 Å². The number of hydrogen-bond acceptors (Lipinski definition) is 7. The number of phosphoric acid groups is 1. The van der Waals surface area contributed by atoms with Gasteiger partial charge in [-0.3, -0.25) is 14.2 Å². The molecule has 0 fully saturated rings. The third-order valence-electron chi connectivity index (χ3n) is 15.8. The molecule has 0 saturated heterocycles. The van der Waals surface area contributed by atoms with E-state index in [4.69, 9.17) is 13.8 Å². The molecule has 0 aromatic rings. The minimum absolute atomic E-state index is 0.0283. The van der Waals surface area contributed by atoms with Crippen molar-refractivity contribution in [3.63, 3.8) is 0 Å². The van der Waals surface area contributed by atoms with E-state index in [-0.39, 0.29) is 24.9 Å². The van der Waals surface area contributed by atoms with Crippen molar-refractivity contribution in [1.82, 2.24) is 5.32 Å². The number of esters is 1. The Kier molecular flexibility index (Phi) is 62.1. The number of amides is 1. The highest BCUT2D eigenvalue weighted by molar-refractivity contribution is 7.45. The summed E-state index contributed by atoms with van der Waals surface area (Å²) in [6, 6.07) is -0.902. The monoisotopic (exact) mass is 1210 g/mol. The summed E-state index contributed by atoms with van der Waals surface area (Å²) in [7, 11) is 1.17. The summed E-state index contributed by atoms with van der Waals surface area (Å²) in [6.45, 7) is 6.80. The van der Waals surface area contributed by atoms with Crippen LogP contribution in [0.15, 0.2) is 85.1 Å². The molecule has 3 unspecified atom stereocenters. The molecule has 0 aliphatic rings. The van der Waals surface area contributed by atoms with Gasteiger partial charge in [-0.05, 0) is 109 Å². The van der Waals surface area contributed by atoms with Crippen LogP contribution in [0.4, 0.5) is 0 Å². The molecule has 9 nitrogen and oxygen atoms in total. The van der Waals surface area contributed by atoms with Crippen molar-refractivity contribution < 1.29 is 37.3 Å². The van der Waals surface area contributed by atoms with Gasteiger partial charge in [-0.2, -0.15) is 0 Å². The lowest BCUT2D eigenvalue weighted by Crippen LogP contribution is -2.47. The second kappa shape index (κ2) is 64.2. The number of rotatable bonds is 65. The second-order valence-electron chi connectivity index (χ2n) is 25.4. The Labute approximate surface area is 526 Å². The zero-order valence-electron chi connectivity index (χ0n) is 56.6. The van der Waals surface area contributed by atoms with E-state index < -0.39 is 26.6 Å². The van der Waals surface area contributed by atoms with Crippen LogP contribution in [0.3, 0.4) is 0 Å². The van der Waals surface area contributed by atoms with E-state index in [1.165, 1.54) is 193 Å². The summed E-state index contributed by atoms with van der Waals surface area (Å²) in [4.78, 5) is 40.2. The minimum atomic E-state index is -4.71. The summed E-state index contributed by atoms with van der Waals surface area (Å²) in [5, 5.41) is 3.03. The third kappa shape index (κ3) is 65.5. The predicted octanol–water partition coefficient (Wildman–Crippen LogP) is 22.3. The molecule has 0 saturated carbocycles. The van der Waals surface area contributed by atoms with Crippen molar-refractivity contribution in [2.24, 2.45) is 0 Å². The number of unbranched alkanes of at least 4 members (excludes halogenated alkanes) is 37. The van der Waals surface area contributed by atoms with Gasteiger partial charge in [-0.15, -0.1) is 0 Å². The lowest BCUT2D eigenvalue weighted by molar-refractivity contribution is -0.870. The van der Waals surface area contributed by atoms with E-state index in [1.54, 1.807) is 0 Å². The van der Waals surface area contributed by atoms with Gasteiger partial charge < -0.3 is 28.5 Å². The Balaban J connectivity index is 5.01. The maximum Gasteiger partial charge on any atom is 0.306 e. The number of carbonyl (C=O) groups is 2. The minimum Gasteiger partial charge on any atom is -0.756 e. The average molecular weight is 1210 g/mol. The maximum absolute atomic E-state index is 13.6. The van der Waals surface area contributed by atoms with Crippen LogP contribution in [0.2, 0.25) is 0 Å². The van der Waals surface area contributed by atoms with Crippen LogP contribution in [-0.2, 0) is 27.9 Å². The number of hydrogen-bond donors (Lipinski definition) is 1. The summed E-state index contributed by atoms with van der Waals surface area (Å²) in [6.07, 6.45) is 85.7. The molecule has 0 aliphatic heterocycles. The average Bonchev–Trinajstić information content (AvgIpc) is 3.57. The first-order chi connectivity index (χ1) is 41.4. The van der Waals surface area contributed by atoms with Crippen molar-refractivity contribution in [3.8, 4) is 0 Å². The first-order valence-electron chi connectivity index (χ1n) is 35.9. The van der Waals surface area contributed by atoms with Crippen LogP contribution in [0.25, 0.3) is 0 Å². The van der Waals surface area contributed by atoms with Crippen LogP contribution >= 0.6 is 7.82 Å². The fourth-order valence-corrected chi connectivity index (χ4v) is 11.0. The Morgan fingerprint density at radius 1 is 0.412 bits per heavy atom. The fraction of sp³-hybridized carbons (Fsp3) is 0.787. The first-order valence-corrected chi connectivity index (χ1v) is 37.4. The molecule has 3 atom stereocenters. The predicted molar refractivity (Wildman–Crippen MR) is 367 cm³/mol. The second-order valence-corrected chi connectivity index (χ2v) is 26.8. The highest BCUT2D eigenvalue weighted by atomic mass is 31.2. The fourth-order valence-electron chi connectivity index (χ4n) is 10.2. The Bertz CT molecular complexity index is 1730. The molecule has 1 N–H and O–H groups in total. The van der Waals surface area contributed by atoms with Crippen LogP contribution in [0.1, 0.15) is 329 Å². The highest BCUT2D eigenvalue weighted by Crippen LogP contribution is 2.38. The van der Waals surface area contributed by atoms with Crippen LogP contribution in [0, 0.1) is 0 Å². The normalized spacial score (nSPS) is 14.0. The van der Waals surface area contributed by atoms with Gasteiger partial charge in [-0.25, -0.2) is 0 Å². The van der Waals surface area contributed by atoms with Gasteiger partial charge in [0.15, 0.2) is 0 Å². The van der Waals surface area contributed by atoms with Gasteiger partial charge in [0.25, 0.3) is 7.82 Å². The number of nitrogens with zero attached hydrogens (tertiary/aromatic N) is 1. The number of phosphoric ester groups is 1. The summed E-state index contributed by atoms with van der Waals surface area (Å²) >= 11 is 0. The molecule has 0 spiro atoms. The molecule has 0 radical (unpaired) electrons. The van der Waals surface area contributed by atoms with E-state index in [2.05, 4.69) is 99.0 Å². The quantitative estimate of drug-likeness (QED) is 0.0212. The lowest BCUT2D eigenvalue weighted by atomic mass is 10.0. The van der Waals surface area contributed by atoms with Crippen molar-refractivity contribution in [3.05, 3.63) is 85.1 Å². The molecular weight excluding hydrogens is 1070 g/mol. The van der Waals surface area contributed by atoms with Crippen molar-refractivity contribution in [1.29, 1.82) is 0 Å². The first kappa shape index (κ1) is 82.2. The largest absolute Gasteiger partial charge is 0.756 e. The van der Waals surface area contributed by atoms with Gasteiger partial charge >= 0.3 is 5.97 Å². The van der Waals surface area contributed by atoms with Crippen LogP contribution in [0.5, 0.6) is 0 Å². The lowest BCUT2D eigenvalue weighted by Gasteiger charge is -2.30. The summed E-state index contributed by atoms with van der Waals surface area (Å²) in [5.74, 6) is -0.555. The smallest absolute Gasteiger partial charge is 0.306 e. The molecule has 0 aromatic heterocycles.